The van der Waals surface area contributed by atoms with Crippen LogP contribution in [0.5, 0.6) is 0 Å². The highest BCUT2D eigenvalue weighted by Crippen LogP contribution is 2.19. The Bertz CT molecular complexity index is 331. The minimum atomic E-state index is 0.585. The Balaban J connectivity index is 2.58. The van der Waals surface area contributed by atoms with Crippen LogP contribution in [0, 0.1) is 11.8 Å². The van der Waals surface area contributed by atoms with Gasteiger partial charge >= 0.3 is 0 Å². The van der Waals surface area contributed by atoms with E-state index in [0.717, 1.165) is 25.9 Å². The number of hydrogen-bond donors (Lipinski definition) is 1. The molecule has 1 N–H and O–H groups in total. The summed E-state index contributed by atoms with van der Waals surface area (Å²) in [6, 6.07) is 10.7. The van der Waals surface area contributed by atoms with Crippen LogP contribution in [0.4, 0.5) is 0 Å². The third kappa shape index (κ3) is 4.51. The molecule has 1 heteroatoms. The molecule has 0 saturated heterocycles. The second-order valence-corrected chi connectivity index (χ2v) is 3.88. The van der Waals surface area contributed by atoms with Gasteiger partial charge in [0.25, 0.3) is 0 Å². The van der Waals surface area contributed by atoms with Gasteiger partial charge in [-0.15, -0.1) is 11.8 Å². The van der Waals surface area contributed by atoms with E-state index in [4.69, 9.17) is 0 Å². The summed E-state index contributed by atoms with van der Waals surface area (Å²) in [6.07, 6.45) is 2.12. The van der Waals surface area contributed by atoms with Gasteiger partial charge in [0.15, 0.2) is 0 Å². The van der Waals surface area contributed by atoms with Gasteiger partial charge < -0.3 is 5.32 Å². The average Bonchev–Trinajstić information content (AvgIpc) is 2.35. The van der Waals surface area contributed by atoms with Gasteiger partial charge in [-0.2, -0.15) is 0 Å². The van der Waals surface area contributed by atoms with Crippen LogP contribution in [0.2, 0.25) is 0 Å². The first-order valence-corrected chi connectivity index (χ1v) is 6.03. The van der Waals surface area contributed by atoms with Crippen molar-refractivity contribution in [3.63, 3.8) is 0 Å². The standard InChI is InChI=1S/C15H21N/c1-3-5-7-12-15(13-16-4-2)14-10-8-6-9-11-14/h6,8-11,15-16H,4,7,12-13H2,1-2H3. The van der Waals surface area contributed by atoms with Crippen LogP contribution in [0.1, 0.15) is 38.2 Å². The van der Waals surface area contributed by atoms with E-state index < -0.39 is 0 Å². The third-order valence-corrected chi connectivity index (χ3v) is 2.71. The second-order valence-electron chi connectivity index (χ2n) is 3.88. The van der Waals surface area contributed by atoms with Gasteiger partial charge in [0.05, 0.1) is 0 Å². The lowest BCUT2D eigenvalue weighted by atomic mass is 9.94. The monoisotopic (exact) mass is 215 g/mol. The molecule has 86 valence electrons. The fraction of sp³-hybridized carbons (Fsp3) is 0.467. The number of rotatable bonds is 6. The van der Waals surface area contributed by atoms with E-state index in [1.165, 1.54) is 5.56 Å². The van der Waals surface area contributed by atoms with Crippen molar-refractivity contribution in [2.24, 2.45) is 0 Å². The normalized spacial score (nSPS) is 11.6. The Morgan fingerprint density at radius 3 is 2.62 bits per heavy atom. The van der Waals surface area contributed by atoms with Gasteiger partial charge in [-0.25, -0.2) is 0 Å². The molecule has 16 heavy (non-hydrogen) atoms. The molecule has 0 fully saturated rings. The van der Waals surface area contributed by atoms with Gasteiger partial charge in [-0.05, 0) is 31.4 Å². The third-order valence-electron chi connectivity index (χ3n) is 2.71. The molecule has 1 atom stereocenters. The molecule has 1 aromatic carbocycles. The minimum Gasteiger partial charge on any atom is -0.316 e. The Morgan fingerprint density at radius 1 is 1.25 bits per heavy atom. The molecule has 1 unspecified atom stereocenters. The Labute approximate surface area is 99.3 Å². The van der Waals surface area contributed by atoms with Gasteiger partial charge in [-0.1, -0.05) is 37.3 Å². The predicted molar refractivity (Wildman–Crippen MR) is 70.4 cm³/mol. The average molecular weight is 215 g/mol. The van der Waals surface area contributed by atoms with Crippen LogP contribution in [0.15, 0.2) is 30.3 Å². The lowest BCUT2D eigenvalue weighted by Crippen LogP contribution is -2.21. The summed E-state index contributed by atoms with van der Waals surface area (Å²) in [5.74, 6) is 6.69. The number of likely N-dealkylation sites (N-methyl/N-ethyl adjacent to an activating group) is 1. The largest absolute Gasteiger partial charge is 0.316 e. The fourth-order valence-corrected chi connectivity index (χ4v) is 1.80. The highest BCUT2D eigenvalue weighted by Gasteiger charge is 2.09. The Hall–Kier alpha value is -1.26. The predicted octanol–water partition coefficient (Wildman–Crippen LogP) is 3.18. The summed E-state index contributed by atoms with van der Waals surface area (Å²) in [6.45, 7) is 6.13. The molecule has 0 saturated carbocycles. The lowest BCUT2D eigenvalue weighted by Gasteiger charge is -2.16. The van der Waals surface area contributed by atoms with E-state index in [1.54, 1.807) is 0 Å². The van der Waals surface area contributed by atoms with Crippen molar-refractivity contribution in [1.82, 2.24) is 5.32 Å². The van der Waals surface area contributed by atoms with Crippen molar-refractivity contribution in [3.05, 3.63) is 35.9 Å². The molecule has 0 aliphatic heterocycles. The van der Waals surface area contributed by atoms with Gasteiger partial charge in [0.2, 0.25) is 0 Å². The molecule has 0 spiro atoms. The highest BCUT2D eigenvalue weighted by molar-refractivity contribution is 5.20. The number of benzene rings is 1. The molecule has 0 amide bonds. The van der Waals surface area contributed by atoms with Crippen LogP contribution in [0.3, 0.4) is 0 Å². The van der Waals surface area contributed by atoms with Crippen LogP contribution in [0.25, 0.3) is 0 Å². The molecule has 1 rings (SSSR count). The summed E-state index contributed by atoms with van der Waals surface area (Å²) in [5, 5.41) is 3.43. The molecule has 0 aliphatic rings. The maximum absolute atomic E-state index is 3.43. The van der Waals surface area contributed by atoms with E-state index in [0.29, 0.717) is 5.92 Å². The van der Waals surface area contributed by atoms with Crippen LogP contribution in [-0.2, 0) is 0 Å². The topological polar surface area (TPSA) is 12.0 Å². The summed E-state index contributed by atoms with van der Waals surface area (Å²) in [4.78, 5) is 0. The van der Waals surface area contributed by atoms with Crippen LogP contribution >= 0.6 is 0 Å². The maximum Gasteiger partial charge on any atom is 0.00948 e. The van der Waals surface area contributed by atoms with Crippen molar-refractivity contribution in [2.75, 3.05) is 13.1 Å². The zero-order valence-corrected chi connectivity index (χ0v) is 10.3. The zero-order chi connectivity index (χ0) is 11.6. The van der Waals surface area contributed by atoms with E-state index in [-0.39, 0.29) is 0 Å². The van der Waals surface area contributed by atoms with E-state index >= 15 is 0 Å². The Morgan fingerprint density at radius 2 is 2.00 bits per heavy atom. The summed E-state index contributed by atoms with van der Waals surface area (Å²) in [7, 11) is 0. The number of nitrogens with one attached hydrogen (secondary N) is 1. The minimum absolute atomic E-state index is 0.585. The molecular weight excluding hydrogens is 194 g/mol. The Kier molecular flexibility index (Phi) is 6.37. The maximum atomic E-state index is 3.43. The second kappa shape index (κ2) is 7.96. The first-order chi connectivity index (χ1) is 7.88. The fourth-order valence-electron chi connectivity index (χ4n) is 1.80. The van der Waals surface area contributed by atoms with Crippen molar-refractivity contribution < 1.29 is 0 Å². The van der Waals surface area contributed by atoms with Crippen molar-refractivity contribution in [2.45, 2.75) is 32.6 Å². The molecule has 1 aromatic rings. The lowest BCUT2D eigenvalue weighted by molar-refractivity contribution is 0.569. The molecule has 0 heterocycles. The molecule has 0 bridgehead atoms. The zero-order valence-electron chi connectivity index (χ0n) is 10.3. The van der Waals surface area contributed by atoms with Crippen molar-refractivity contribution >= 4 is 0 Å². The van der Waals surface area contributed by atoms with Crippen molar-refractivity contribution in [1.29, 1.82) is 0 Å². The molecule has 1 nitrogen and oxygen atoms in total. The molecule has 0 aliphatic carbocycles. The van der Waals surface area contributed by atoms with Gasteiger partial charge in [-0.3, -0.25) is 0 Å². The van der Waals surface area contributed by atoms with E-state index in [9.17, 15) is 0 Å². The molecule has 0 radical (unpaired) electrons. The highest BCUT2D eigenvalue weighted by atomic mass is 14.8. The van der Waals surface area contributed by atoms with E-state index in [2.05, 4.69) is 54.4 Å². The first kappa shape index (κ1) is 12.8. The van der Waals surface area contributed by atoms with Gasteiger partial charge in [0, 0.05) is 13.0 Å². The van der Waals surface area contributed by atoms with Gasteiger partial charge in [0.1, 0.15) is 0 Å². The SMILES string of the molecule is CC#CCCC(CNCC)c1ccccc1. The quantitative estimate of drug-likeness (QED) is 0.719. The van der Waals surface area contributed by atoms with Crippen LogP contribution in [-0.4, -0.2) is 13.1 Å². The summed E-state index contributed by atoms with van der Waals surface area (Å²) >= 11 is 0. The van der Waals surface area contributed by atoms with E-state index in [1.807, 2.05) is 6.92 Å². The first-order valence-electron chi connectivity index (χ1n) is 6.03. The van der Waals surface area contributed by atoms with Crippen molar-refractivity contribution in [3.8, 4) is 11.8 Å². The smallest absolute Gasteiger partial charge is 0.00948 e. The van der Waals surface area contributed by atoms with Crippen LogP contribution < -0.4 is 5.32 Å². The molecular formula is C15H21N. The molecule has 0 aromatic heterocycles. The number of hydrogen-bond acceptors (Lipinski definition) is 1. The summed E-state index contributed by atoms with van der Waals surface area (Å²) in [5.41, 5.74) is 1.42. The summed E-state index contributed by atoms with van der Waals surface area (Å²) < 4.78 is 0.